The van der Waals surface area contributed by atoms with Gasteiger partial charge in [0.15, 0.2) is 6.17 Å². The fraction of sp³-hybridized carbons (Fsp3) is 0.617. The van der Waals surface area contributed by atoms with Crippen LogP contribution < -0.4 is 49.5 Å². The highest BCUT2D eigenvalue weighted by atomic mass is 16.7. The summed E-state index contributed by atoms with van der Waals surface area (Å²) in [7, 11) is -0.914. The zero-order valence-corrected chi connectivity index (χ0v) is 38.9. The number of nitrogens with two attached hydrogens (primary N) is 4. The fourth-order valence-corrected chi connectivity index (χ4v) is 9.60. The quantitative estimate of drug-likeness (QED) is 0.0367. The van der Waals surface area contributed by atoms with Gasteiger partial charge in [-0.1, -0.05) is 63.6 Å². The third-order valence-corrected chi connectivity index (χ3v) is 13.8. The average molecular weight is 918 g/mol. The first-order valence-corrected chi connectivity index (χ1v) is 23.6. The first-order chi connectivity index (χ1) is 31.4. The second kappa shape index (κ2) is 23.7. The maximum Gasteiger partial charge on any atom is 0.497 e. The fourth-order valence-electron chi connectivity index (χ4n) is 9.60. The molecule has 0 aromatic heterocycles. The van der Waals surface area contributed by atoms with Crippen molar-refractivity contribution in [1.29, 1.82) is 0 Å². The van der Waals surface area contributed by atoms with Crippen LogP contribution in [0.3, 0.4) is 0 Å². The van der Waals surface area contributed by atoms with E-state index in [2.05, 4.69) is 59.5 Å². The summed E-state index contributed by atoms with van der Waals surface area (Å²) in [5, 5.41) is 22.4. The van der Waals surface area contributed by atoms with E-state index in [-0.39, 0.29) is 36.7 Å². The Balaban J connectivity index is 1.20. The van der Waals surface area contributed by atoms with E-state index in [4.69, 9.17) is 32.2 Å². The Bertz CT molecular complexity index is 1990. The summed E-state index contributed by atoms with van der Waals surface area (Å²) in [4.78, 5) is 79.7. The molecule has 9 atom stereocenters. The lowest BCUT2D eigenvalue weighted by molar-refractivity contribution is -0.199. The molecule has 66 heavy (non-hydrogen) atoms. The number of rotatable bonds is 26. The van der Waals surface area contributed by atoms with Crippen LogP contribution in [-0.4, -0.2) is 103 Å². The van der Waals surface area contributed by atoms with E-state index in [0.29, 0.717) is 50.3 Å². The predicted octanol–water partition coefficient (Wildman–Crippen LogP) is 1.96. The Morgan fingerprint density at radius 3 is 1.83 bits per heavy atom. The standard InChI is InChI=1S/C47H72BN9O9/c1-5-6-11-28-14-16-29(17-15-28)30-18-20-31(21-19-30)40(60)53-33(12-7-9-24-49)41(61)54-35(22-23-38(58)59)42(62)56-39(51)44(64)55-34(13-8-10-25-50)43(63)57-45(52)48-65-37-27-32-26-36(46(32,2)3)47(37,4)66-48/h14-21,32-37,39,45H,5-13,22-27,49-52H2,1-4H3,(H,53,60)(H,54,61)(H,55,64)(H,56,62)(H,57,63)(H,58,59)/t32-,33-,34-,35-,36-,37?,39+,45+,47-/m0/s1. The van der Waals surface area contributed by atoms with Gasteiger partial charge in [-0.3, -0.25) is 28.8 Å². The Morgan fingerprint density at radius 1 is 0.712 bits per heavy atom. The number of carbonyl (C=O) groups excluding carboxylic acids is 5. The number of hydrogen-bond acceptors (Lipinski definition) is 12. The van der Waals surface area contributed by atoms with E-state index in [1.54, 1.807) is 12.1 Å². The Morgan fingerprint density at radius 2 is 1.26 bits per heavy atom. The van der Waals surface area contributed by atoms with Crippen molar-refractivity contribution in [1.82, 2.24) is 26.6 Å². The molecule has 1 heterocycles. The maximum atomic E-state index is 13.8. The molecular formula is C47H72BN9O9. The lowest BCUT2D eigenvalue weighted by Crippen LogP contribution is -2.65. The normalized spacial score (nSPS) is 22.6. The molecule has 6 rings (SSSR count). The molecule has 4 fully saturated rings. The van der Waals surface area contributed by atoms with Crippen LogP contribution in [0, 0.1) is 17.3 Å². The molecule has 1 unspecified atom stereocenters. The van der Waals surface area contributed by atoms with Crippen molar-refractivity contribution in [3.05, 3.63) is 59.7 Å². The summed E-state index contributed by atoms with van der Waals surface area (Å²) >= 11 is 0. The van der Waals surface area contributed by atoms with E-state index in [1.165, 1.54) is 5.56 Å². The van der Waals surface area contributed by atoms with Gasteiger partial charge < -0.3 is 63.9 Å². The molecule has 362 valence electrons. The molecule has 18 nitrogen and oxygen atoms in total. The molecule has 0 radical (unpaired) electrons. The maximum absolute atomic E-state index is 13.8. The largest absolute Gasteiger partial charge is 0.497 e. The molecule has 4 aliphatic rings. The molecule has 2 bridgehead atoms. The Hall–Kier alpha value is -4.92. The monoisotopic (exact) mass is 918 g/mol. The highest BCUT2D eigenvalue weighted by molar-refractivity contribution is 6.47. The molecule has 5 amide bonds. The first-order valence-electron chi connectivity index (χ1n) is 23.6. The van der Waals surface area contributed by atoms with Crippen molar-refractivity contribution < 1.29 is 43.2 Å². The van der Waals surface area contributed by atoms with Crippen LogP contribution in [-0.2, 0) is 39.7 Å². The van der Waals surface area contributed by atoms with Gasteiger partial charge in [0.05, 0.1) is 11.7 Å². The molecule has 1 aliphatic heterocycles. The number of hydrogen-bond donors (Lipinski definition) is 10. The number of benzene rings is 2. The van der Waals surface area contributed by atoms with Gasteiger partial charge in [0.25, 0.3) is 11.8 Å². The summed E-state index contributed by atoms with van der Waals surface area (Å²) < 4.78 is 12.6. The van der Waals surface area contributed by atoms with Gasteiger partial charge in [-0.2, -0.15) is 0 Å². The summed E-state index contributed by atoms with van der Waals surface area (Å²) in [6.45, 7) is 9.35. The summed E-state index contributed by atoms with van der Waals surface area (Å²) in [6.07, 6.45) is 4.70. The topological polar surface area (TPSA) is 305 Å². The van der Waals surface area contributed by atoms with Crippen molar-refractivity contribution >= 4 is 42.6 Å². The molecule has 2 aromatic carbocycles. The van der Waals surface area contributed by atoms with Crippen LogP contribution in [0.25, 0.3) is 11.1 Å². The molecule has 19 heteroatoms. The van der Waals surface area contributed by atoms with Gasteiger partial charge in [0, 0.05) is 12.0 Å². The first kappa shape index (κ1) is 52.1. The van der Waals surface area contributed by atoms with E-state index in [0.717, 1.165) is 43.2 Å². The van der Waals surface area contributed by atoms with E-state index >= 15 is 0 Å². The van der Waals surface area contributed by atoms with E-state index in [9.17, 15) is 33.9 Å². The Kier molecular flexibility index (Phi) is 18.7. The molecular weight excluding hydrogens is 845 g/mol. The lowest BCUT2D eigenvalue weighted by atomic mass is 9.43. The number of carbonyl (C=O) groups is 6. The smallest absolute Gasteiger partial charge is 0.481 e. The zero-order chi connectivity index (χ0) is 48.2. The van der Waals surface area contributed by atoms with Crippen molar-refractivity contribution in [3.8, 4) is 11.1 Å². The van der Waals surface area contributed by atoms with Crippen LogP contribution in [0.15, 0.2) is 48.5 Å². The predicted molar refractivity (Wildman–Crippen MR) is 251 cm³/mol. The van der Waals surface area contributed by atoms with Gasteiger partial charge in [0.1, 0.15) is 24.2 Å². The van der Waals surface area contributed by atoms with Gasteiger partial charge in [-0.25, -0.2) is 0 Å². The van der Waals surface area contributed by atoms with Crippen molar-refractivity contribution in [3.63, 3.8) is 0 Å². The van der Waals surface area contributed by atoms with Crippen LogP contribution in [0.5, 0.6) is 0 Å². The van der Waals surface area contributed by atoms with E-state index < -0.39 is 85.0 Å². The van der Waals surface area contributed by atoms with Crippen LogP contribution in [0.1, 0.15) is 121 Å². The number of carboxylic acid groups (broad SMARTS) is 1. The average Bonchev–Trinajstić information content (AvgIpc) is 3.66. The molecule has 14 N–H and O–H groups in total. The van der Waals surface area contributed by atoms with Gasteiger partial charge >= 0.3 is 13.1 Å². The highest BCUT2D eigenvalue weighted by Gasteiger charge is 2.68. The molecule has 2 aromatic rings. The van der Waals surface area contributed by atoms with Crippen LogP contribution >= 0.6 is 0 Å². The molecule has 1 saturated heterocycles. The van der Waals surface area contributed by atoms with Gasteiger partial charge in [-0.05, 0) is 137 Å². The minimum Gasteiger partial charge on any atom is -0.481 e. The van der Waals surface area contributed by atoms with Crippen LogP contribution in [0.2, 0.25) is 0 Å². The summed E-state index contributed by atoms with van der Waals surface area (Å²) in [6, 6.07) is 10.4. The number of nitrogens with one attached hydrogen (secondary N) is 5. The second-order valence-corrected chi connectivity index (χ2v) is 18.9. The number of carboxylic acids is 1. The molecule has 3 saturated carbocycles. The van der Waals surface area contributed by atoms with Crippen LogP contribution in [0.4, 0.5) is 0 Å². The third kappa shape index (κ3) is 13.2. The minimum absolute atomic E-state index is 0.103. The molecule has 3 aliphatic carbocycles. The summed E-state index contributed by atoms with van der Waals surface area (Å²) in [5.41, 5.74) is 27.0. The number of aliphatic carboxylic acids is 1. The van der Waals surface area contributed by atoms with Crippen molar-refractivity contribution in [2.75, 3.05) is 13.1 Å². The summed E-state index contributed by atoms with van der Waals surface area (Å²) in [5.74, 6) is -4.23. The number of unbranched alkanes of at least 4 members (excludes halogenated alkanes) is 3. The van der Waals surface area contributed by atoms with E-state index in [1.807, 2.05) is 31.2 Å². The second-order valence-electron chi connectivity index (χ2n) is 18.9. The lowest BCUT2D eigenvalue weighted by Gasteiger charge is -2.64. The molecule has 0 spiro atoms. The zero-order valence-electron chi connectivity index (χ0n) is 38.9. The Labute approximate surface area is 388 Å². The number of aryl methyl sites for hydroxylation is 1. The van der Waals surface area contributed by atoms with Crippen molar-refractivity contribution in [2.24, 2.45) is 40.2 Å². The third-order valence-electron chi connectivity index (χ3n) is 13.8. The van der Waals surface area contributed by atoms with Gasteiger partial charge in [0.2, 0.25) is 17.7 Å². The highest BCUT2D eigenvalue weighted by Crippen LogP contribution is 2.65. The number of amides is 5. The SMILES string of the molecule is CCCCc1ccc(-c2ccc(C(=O)N[C@@H](CCCCN)C(=O)N[C@@H](CCC(=O)O)C(=O)N[C@@H](N)C(=O)N[C@@H](CCCCN)C(=O)N[C@@H](N)B3OC4C[C@@H]5C[C@@H](C5(C)C)[C@]4(C)O3)cc2)cc1. The van der Waals surface area contributed by atoms with Gasteiger partial charge in [-0.15, -0.1) is 0 Å². The minimum atomic E-state index is -1.72. The van der Waals surface area contributed by atoms with Crippen molar-refractivity contribution in [2.45, 2.75) is 153 Å².